The summed E-state index contributed by atoms with van der Waals surface area (Å²) < 4.78 is 10.2. The largest absolute Gasteiger partial charge is 0.480 e. The van der Waals surface area contributed by atoms with Crippen LogP contribution >= 0.6 is 0 Å². The summed E-state index contributed by atoms with van der Waals surface area (Å²) in [6.07, 6.45) is -0.438. The van der Waals surface area contributed by atoms with Gasteiger partial charge in [0.1, 0.15) is 18.7 Å². The van der Waals surface area contributed by atoms with Gasteiger partial charge in [0.05, 0.1) is 12.0 Å². The Morgan fingerprint density at radius 3 is 2.06 bits per heavy atom. The number of unbranched alkanes of at least 4 members (excludes halogenated alkanes) is 1. The van der Waals surface area contributed by atoms with E-state index in [9.17, 15) is 39.2 Å². The van der Waals surface area contributed by atoms with Crippen LogP contribution in [0.15, 0.2) is 72.8 Å². The lowest BCUT2D eigenvalue weighted by Crippen LogP contribution is -2.44. The minimum atomic E-state index is -1.41. The summed E-state index contributed by atoms with van der Waals surface area (Å²) in [7, 11) is 1.17. The van der Waals surface area contributed by atoms with E-state index in [0.29, 0.717) is 12.8 Å². The maximum absolute atomic E-state index is 12.7. The molecule has 4 N–H and O–H groups in total. The number of alkyl carbamates (subject to hydrolysis) is 1. The Morgan fingerprint density at radius 2 is 1.48 bits per heavy atom. The molecule has 0 heterocycles. The van der Waals surface area contributed by atoms with Gasteiger partial charge >= 0.3 is 18.0 Å². The molecule has 0 saturated heterocycles. The summed E-state index contributed by atoms with van der Waals surface area (Å²) in [4.78, 5) is 71.9. The Kier molecular flexibility index (Phi) is 12.2. The molecule has 3 aromatic carbocycles. The molecule has 1 aliphatic carbocycles. The van der Waals surface area contributed by atoms with E-state index in [1.165, 1.54) is 31.4 Å². The van der Waals surface area contributed by atoms with Crippen LogP contribution < -0.4 is 16.0 Å². The Labute approximate surface area is 276 Å². The molecule has 3 aromatic rings. The van der Waals surface area contributed by atoms with E-state index in [1.54, 1.807) is 0 Å². The molecule has 0 fully saturated rings. The molecule has 1 aliphatic rings. The Hall–Kier alpha value is -5.79. The number of esters is 1. The summed E-state index contributed by atoms with van der Waals surface area (Å²) >= 11 is 0. The van der Waals surface area contributed by atoms with Crippen molar-refractivity contribution in [2.75, 3.05) is 20.3 Å². The smallest absolute Gasteiger partial charge is 0.407 e. The summed E-state index contributed by atoms with van der Waals surface area (Å²) in [5, 5.41) is 28.0. The number of methoxy groups -OCH3 is 1. The topological polar surface area (TPSA) is 203 Å². The average molecular weight is 661 g/mol. The van der Waals surface area contributed by atoms with Crippen LogP contribution in [0.5, 0.6) is 0 Å². The third kappa shape index (κ3) is 9.15. The van der Waals surface area contributed by atoms with Gasteiger partial charge in [-0.2, -0.15) is 0 Å². The third-order valence-electron chi connectivity index (χ3n) is 7.96. The predicted molar refractivity (Wildman–Crippen MR) is 172 cm³/mol. The van der Waals surface area contributed by atoms with Gasteiger partial charge in [-0.05, 0) is 60.1 Å². The molecule has 0 saturated carbocycles. The number of hydrogen-bond acceptors (Lipinski definition) is 9. The van der Waals surface area contributed by atoms with E-state index >= 15 is 0 Å². The molecule has 0 bridgehead atoms. The number of nitro benzene ring substituents is 1. The van der Waals surface area contributed by atoms with Crippen molar-refractivity contribution in [3.63, 3.8) is 0 Å². The SMILES string of the molecule is COC(=O)[C@H](CCCCNC(=O)c1ccc([N+](=O)[O-])cc1)NC(=O)CCC(NC(=O)OCC1c2ccccc2-c2ccccc21)C(=O)O. The number of nitrogens with one attached hydrogen (secondary N) is 3. The van der Waals surface area contributed by atoms with Gasteiger partial charge in [-0.15, -0.1) is 0 Å². The highest BCUT2D eigenvalue weighted by molar-refractivity contribution is 5.94. The molecule has 48 heavy (non-hydrogen) atoms. The van der Waals surface area contributed by atoms with E-state index < -0.39 is 46.9 Å². The maximum atomic E-state index is 12.7. The lowest BCUT2D eigenvalue weighted by atomic mass is 9.98. The Morgan fingerprint density at radius 1 is 0.854 bits per heavy atom. The number of hydrogen-bond donors (Lipinski definition) is 4. The number of carbonyl (C=O) groups excluding carboxylic acids is 4. The lowest BCUT2D eigenvalue weighted by molar-refractivity contribution is -0.384. The molecule has 3 amide bonds. The van der Waals surface area contributed by atoms with Crippen LogP contribution in [0.3, 0.4) is 0 Å². The van der Waals surface area contributed by atoms with Gasteiger partial charge in [0.15, 0.2) is 0 Å². The van der Waals surface area contributed by atoms with Gasteiger partial charge < -0.3 is 30.5 Å². The lowest BCUT2D eigenvalue weighted by Gasteiger charge is -2.19. The third-order valence-corrected chi connectivity index (χ3v) is 7.96. The van der Waals surface area contributed by atoms with Gasteiger partial charge in [-0.3, -0.25) is 19.7 Å². The average Bonchev–Trinajstić information content (AvgIpc) is 3.41. The number of rotatable bonds is 16. The number of benzene rings is 3. The van der Waals surface area contributed by atoms with Crippen molar-refractivity contribution in [1.29, 1.82) is 0 Å². The molecule has 0 radical (unpaired) electrons. The molecule has 252 valence electrons. The summed E-state index contributed by atoms with van der Waals surface area (Å²) in [5.41, 5.74) is 4.23. The van der Waals surface area contributed by atoms with Crippen molar-refractivity contribution in [2.24, 2.45) is 0 Å². The van der Waals surface area contributed by atoms with Gasteiger partial charge in [0.25, 0.3) is 11.6 Å². The van der Waals surface area contributed by atoms with Crippen molar-refractivity contribution >= 4 is 35.5 Å². The van der Waals surface area contributed by atoms with Crippen LogP contribution in [0, 0.1) is 10.1 Å². The van der Waals surface area contributed by atoms with Crippen molar-refractivity contribution in [3.8, 4) is 11.1 Å². The maximum Gasteiger partial charge on any atom is 0.407 e. The molecule has 14 nitrogen and oxygen atoms in total. The number of nitrogens with zero attached hydrogens (tertiary/aromatic N) is 1. The predicted octanol–water partition coefficient (Wildman–Crippen LogP) is 3.92. The number of ether oxygens (including phenoxy) is 2. The number of carbonyl (C=O) groups is 5. The van der Waals surface area contributed by atoms with Gasteiger partial charge in [-0.1, -0.05) is 48.5 Å². The Balaban J connectivity index is 1.20. The zero-order valence-electron chi connectivity index (χ0n) is 26.2. The molecular formula is C34H36N4O10. The van der Waals surface area contributed by atoms with E-state index in [-0.39, 0.29) is 49.6 Å². The number of aliphatic carboxylic acids is 1. The van der Waals surface area contributed by atoms with Crippen molar-refractivity contribution in [1.82, 2.24) is 16.0 Å². The molecule has 14 heteroatoms. The Bertz CT molecular complexity index is 1610. The van der Waals surface area contributed by atoms with E-state index in [0.717, 1.165) is 22.3 Å². The van der Waals surface area contributed by atoms with Crippen LogP contribution in [-0.4, -0.2) is 72.2 Å². The fraction of sp³-hybridized carbons (Fsp3) is 0.324. The zero-order chi connectivity index (χ0) is 34.6. The van der Waals surface area contributed by atoms with Crippen LogP contribution in [-0.2, 0) is 23.9 Å². The number of carboxylic acid groups (broad SMARTS) is 1. The van der Waals surface area contributed by atoms with E-state index in [1.807, 2.05) is 48.5 Å². The van der Waals surface area contributed by atoms with Gasteiger partial charge in [0.2, 0.25) is 5.91 Å². The minimum Gasteiger partial charge on any atom is -0.480 e. The zero-order valence-corrected chi connectivity index (χ0v) is 26.2. The van der Waals surface area contributed by atoms with Crippen molar-refractivity contribution in [3.05, 3.63) is 99.6 Å². The molecular weight excluding hydrogens is 624 g/mol. The number of non-ortho nitro benzene ring substituents is 1. The number of fused-ring (bicyclic) bond motifs is 3. The molecule has 0 aliphatic heterocycles. The first-order chi connectivity index (χ1) is 23.1. The molecule has 4 rings (SSSR count). The first kappa shape index (κ1) is 35.1. The van der Waals surface area contributed by atoms with E-state index in [2.05, 4.69) is 16.0 Å². The van der Waals surface area contributed by atoms with Gasteiger partial charge in [0, 0.05) is 36.6 Å². The second-order valence-electron chi connectivity index (χ2n) is 11.1. The van der Waals surface area contributed by atoms with Crippen LogP contribution in [0.2, 0.25) is 0 Å². The molecule has 0 aromatic heterocycles. The van der Waals surface area contributed by atoms with Crippen LogP contribution in [0.4, 0.5) is 10.5 Å². The number of amides is 3. The minimum absolute atomic E-state index is 0.00574. The number of carboxylic acids is 1. The van der Waals surface area contributed by atoms with Crippen LogP contribution in [0.25, 0.3) is 11.1 Å². The van der Waals surface area contributed by atoms with Crippen molar-refractivity contribution < 1.29 is 43.5 Å². The molecule has 2 atom stereocenters. The fourth-order valence-electron chi connectivity index (χ4n) is 5.48. The van der Waals surface area contributed by atoms with Crippen LogP contribution in [0.1, 0.15) is 59.5 Å². The first-order valence-electron chi connectivity index (χ1n) is 15.3. The quantitative estimate of drug-likeness (QED) is 0.0754. The van der Waals surface area contributed by atoms with Gasteiger partial charge in [-0.25, -0.2) is 14.4 Å². The second kappa shape index (κ2) is 16.7. The first-order valence-corrected chi connectivity index (χ1v) is 15.3. The second-order valence-corrected chi connectivity index (χ2v) is 11.1. The standard InChI is InChI=1S/C34H36N4O10/c1-47-33(43)29(12-6-7-19-35-31(40)21-13-15-22(16-14-21)38(45)46)36-30(39)18-17-28(32(41)42)37-34(44)48-20-27-25-10-4-2-8-23(25)24-9-3-5-11-26(24)27/h2-5,8-11,13-16,27-29H,6-7,12,17-20H2,1H3,(H,35,40)(H,36,39)(H,37,44)(H,41,42)/t28?,29-/m0/s1. The number of nitro groups is 1. The normalized spacial score (nSPS) is 12.9. The highest BCUT2D eigenvalue weighted by atomic mass is 16.6. The van der Waals surface area contributed by atoms with E-state index in [4.69, 9.17) is 9.47 Å². The fourth-order valence-corrected chi connectivity index (χ4v) is 5.48. The summed E-state index contributed by atoms with van der Waals surface area (Å²) in [6, 6.07) is 18.3. The highest BCUT2D eigenvalue weighted by Gasteiger charge is 2.30. The summed E-state index contributed by atoms with van der Waals surface area (Å²) in [6.45, 7) is 0.244. The molecule has 1 unspecified atom stereocenters. The van der Waals surface area contributed by atoms with Crippen molar-refractivity contribution in [2.45, 2.75) is 50.1 Å². The highest BCUT2D eigenvalue weighted by Crippen LogP contribution is 2.44. The molecule has 0 spiro atoms. The monoisotopic (exact) mass is 660 g/mol. The summed E-state index contributed by atoms with van der Waals surface area (Å²) in [5.74, 6) is -3.28.